The van der Waals surface area contributed by atoms with E-state index in [-0.39, 0.29) is 0 Å². The fourth-order valence-electron chi connectivity index (χ4n) is 2.92. The number of anilines is 1. The predicted octanol–water partition coefficient (Wildman–Crippen LogP) is 2.85. The second-order valence-corrected chi connectivity index (χ2v) is 5.67. The highest BCUT2D eigenvalue weighted by Crippen LogP contribution is 2.31. The summed E-state index contributed by atoms with van der Waals surface area (Å²) in [6.45, 7) is 4.65. The molecule has 2 unspecified atom stereocenters. The van der Waals surface area contributed by atoms with Crippen molar-refractivity contribution in [2.75, 3.05) is 39.7 Å². The lowest BCUT2D eigenvalue weighted by Crippen LogP contribution is -2.39. The maximum absolute atomic E-state index is 5.35. The summed E-state index contributed by atoms with van der Waals surface area (Å²) in [6.07, 6.45) is 2.59. The molecule has 4 heteroatoms. The van der Waals surface area contributed by atoms with E-state index in [0.717, 1.165) is 17.2 Å². The maximum Gasteiger partial charge on any atom is 0.162 e. The summed E-state index contributed by atoms with van der Waals surface area (Å²) >= 11 is 0. The second-order valence-electron chi connectivity index (χ2n) is 5.67. The summed E-state index contributed by atoms with van der Waals surface area (Å²) in [7, 11) is 5.53. The fourth-order valence-corrected chi connectivity index (χ4v) is 2.92. The highest BCUT2D eigenvalue weighted by Gasteiger charge is 2.22. The molecule has 2 atom stereocenters. The molecule has 1 heterocycles. The number of benzene rings is 1. The number of likely N-dealkylation sites (tertiary alicyclic amines) is 1. The van der Waals surface area contributed by atoms with Gasteiger partial charge in [-0.05, 0) is 51.4 Å². The van der Waals surface area contributed by atoms with Gasteiger partial charge in [0.1, 0.15) is 0 Å². The molecule has 1 aliphatic heterocycles. The van der Waals surface area contributed by atoms with E-state index in [1.807, 2.05) is 18.2 Å². The van der Waals surface area contributed by atoms with Crippen LogP contribution in [0.15, 0.2) is 18.2 Å². The summed E-state index contributed by atoms with van der Waals surface area (Å²) in [5.74, 6) is 2.23. The Balaban J connectivity index is 2.01. The van der Waals surface area contributed by atoms with Gasteiger partial charge >= 0.3 is 0 Å². The van der Waals surface area contributed by atoms with Crippen LogP contribution < -0.4 is 14.8 Å². The van der Waals surface area contributed by atoms with Gasteiger partial charge in [0.2, 0.25) is 0 Å². The molecule has 0 radical (unpaired) electrons. The van der Waals surface area contributed by atoms with Crippen molar-refractivity contribution < 1.29 is 9.47 Å². The van der Waals surface area contributed by atoms with Crippen LogP contribution in [0.4, 0.5) is 5.69 Å². The SMILES string of the molecule is COc1ccc(NC(C)C2CCCN(C)C2)cc1OC. The van der Waals surface area contributed by atoms with E-state index in [1.54, 1.807) is 14.2 Å². The van der Waals surface area contributed by atoms with E-state index in [2.05, 4.69) is 24.2 Å². The highest BCUT2D eigenvalue weighted by atomic mass is 16.5. The zero-order valence-electron chi connectivity index (χ0n) is 13.0. The average molecular weight is 278 g/mol. The van der Waals surface area contributed by atoms with E-state index >= 15 is 0 Å². The zero-order valence-corrected chi connectivity index (χ0v) is 13.0. The van der Waals surface area contributed by atoms with Crippen molar-refractivity contribution in [3.63, 3.8) is 0 Å². The van der Waals surface area contributed by atoms with Gasteiger partial charge in [-0.2, -0.15) is 0 Å². The monoisotopic (exact) mass is 278 g/mol. The molecular weight excluding hydrogens is 252 g/mol. The van der Waals surface area contributed by atoms with Crippen LogP contribution in [-0.2, 0) is 0 Å². The fraction of sp³-hybridized carbons (Fsp3) is 0.625. The molecule has 0 amide bonds. The molecule has 2 rings (SSSR count). The molecule has 1 N–H and O–H groups in total. The smallest absolute Gasteiger partial charge is 0.162 e. The molecule has 0 aliphatic carbocycles. The van der Waals surface area contributed by atoms with E-state index in [0.29, 0.717) is 12.0 Å². The van der Waals surface area contributed by atoms with Gasteiger partial charge in [-0.3, -0.25) is 0 Å². The number of nitrogens with zero attached hydrogens (tertiary/aromatic N) is 1. The summed E-state index contributed by atoms with van der Waals surface area (Å²) in [4.78, 5) is 2.42. The van der Waals surface area contributed by atoms with Crippen molar-refractivity contribution in [3.8, 4) is 11.5 Å². The Morgan fingerprint density at radius 3 is 2.65 bits per heavy atom. The van der Waals surface area contributed by atoms with Crippen LogP contribution in [0.3, 0.4) is 0 Å². The Hall–Kier alpha value is -1.42. The first-order valence-electron chi connectivity index (χ1n) is 7.31. The lowest BCUT2D eigenvalue weighted by Gasteiger charge is -2.34. The molecule has 1 saturated heterocycles. The Bertz CT molecular complexity index is 436. The lowest BCUT2D eigenvalue weighted by atomic mass is 9.92. The van der Waals surface area contributed by atoms with Gasteiger partial charge in [0.05, 0.1) is 14.2 Å². The Labute approximate surface area is 122 Å². The summed E-state index contributed by atoms with van der Waals surface area (Å²) in [5.41, 5.74) is 1.09. The van der Waals surface area contributed by atoms with Crippen LogP contribution in [0.1, 0.15) is 19.8 Å². The topological polar surface area (TPSA) is 33.7 Å². The van der Waals surface area contributed by atoms with Crippen LogP contribution >= 0.6 is 0 Å². The van der Waals surface area contributed by atoms with Crippen molar-refractivity contribution >= 4 is 5.69 Å². The first-order valence-corrected chi connectivity index (χ1v) is 7.31. The first-order chi connectivity index (χ1) is 9.63. The van der Waals surface area contributed by atoms with E-state index in [9.17, 15) is 0 Å². The summed E-state index contributed by atoms with van der Waals surface area (Å²) in [6, 6.07) is 6.45. The summed E-state index contributed by atoms with van der Waals surface area (Å²) < 4.78 is 10.6. The number of hydrogen-bond acceptors (Lipinski definition) is 4. The van der Waals surface area contributed by atoms with Crippen molar-refractivity contribution in [1.82, 2.24) is 4.90 Å². The molecule has 1 aliphatic rings. The first kappa shape index (κ1) is 15.0. The Morgan fingerprint density at radius 1 is 1.25 bits per heavy atom. The summed E-state index contributed by atoms with van der Waals surface area (Å²) in [5, 5.41) is 3.60. The van der Waals surface area contributed by atoms with E-state index in [4.69, 9.17) is 9.47 Å². The molecule has 1 fully saturated rings. The largest absolute Gasteiger partial charge is 0.493 e. The van der Waals surface area contributed by atoms with Gasteiger partial charge in [-0.1, -0.05) is 0 Å². The normalized spacial score (nSPS) is 21.3. The van der Waals surface area contributed by atoms with Crippen LogP contribution in [0, 0.1) is 5.92 Å². The van der Waals surface area contributed by atoms with Crippen LogP contribution in [0.25, 0.3) is 0 Å². The molecule has 1 aromatic rings. The van der Waals surface area contributed by atoms with Crippen LogP contribution in [-0.4, -0.2) is 45.3 Å². The zero-order chi connectivity index (χ0) is 14.5. The Kier molecular flexibility index (Phi) is 5.12. The van der Waals surface area contributed by atoms with Gasteiger partial charge in [0.15, 0.2) is 11.5 Å². The number of methoxy groups -OCH3 is 2. The molecule has 0 saturated carbocycles. The number of rotatable bonds is 5. The number of piperidine rings is 1. The predicted molar refractivity (Wildman–Crippen MR) is 82.9 cm³/mol. The van der Waals surface area contributed by atoms with Crippen LogP contribution in [0.5, 0.6) is 11.5 Å². The van der Waals surface area contributed by atoms with Crippen molar-refractivity contribution in [2.45, 2.75) is 25.8 Å². The molecule has 112 valence electrons. The third-order valence-corrected chi connectivity index (χ3v) is 4.15. The number of nitrogens with one attached hydrogen (secondary N) is 1. The third-order valence-electron chi connectivity index (χ3n) is 4.15. The molecule has 0 spiro atoms. The van der Waals surface area contributed by atoms with Gasteiger partial charge in [-0.15, -0.1) is 0 Å². The molecular formula is C16H26N2O2. The van der Waals surface area contributed by atoms with E-state index in [1.165, 1.54) is 25.9 Å². The van der Waals surface area contributed by atoms with Gasteiger partial charge < -0.3 is 19.7 Å². The van der Waals surface area contributed by atoms with Crippen molar-refractivity contribution in [1.29, 1.82) is 0 Å². The molecule has 0 aromatic heterocycles. The Morgan fingerprint density at radius 2 is 2.00 bits per heavy atom. The quantitative estimate of drug-likeness (QED) is 0.898. The van der Waals surface area contributed by atoms with Gasteiger partial charge in [0, 0.05) is 24.3 Å². The molecule has 4 nitrogen and oxygen atoms in total. The van der Waals surface area contributed by atoms with Gasteiger partial charge in [-0.25, -0.2) is 0 Å². The number of hydrogen-bond donors (Lipinski definition) is 1. The highest BCUT2D eigenvalue weighted by molar-refractivity contribution is 5.55. The molecule has 0 bridgehead atoms. The minimum atomic E-state index is 0.454. The third kappa shape index (κ3) is 3.57. The van der Waals surface area contributed by atoms with E-state index < -0.39 is 0 Å². The second kappa shape index (κ2) is 6.84. The van der Waals surface area contributed by atoms with Crippen LogP contribution in [0.2, 0.25) is 0 Å². The number of ether oxygens (including phenoxy) is 2. The molecule has 20 heavy (non-hydrogen) atoms. The maximum atomic E-state index is 5.35. The van der Waals surface area contributed by atoms with Crippen molar-refractivity contribution in [3.05, 3.63) is 18.2 Å². The van der Waals surface area contributed by atoms with Crippen molar-refractivity contribution in [2.24, 2.45) is 5.92 Å². The lowest BCUT2D eigenvalue weighted by molar-refractivity contribution is 0.197. The average Bonchev–Trinajstić information content (AvgIpc) is 2.47. The standard InChI is InChI=1S/C16H26N2O2/c1-12(13-6-5-9-18(2)11-13)17-14-7-8-15(19-3)16(10-14)20-4/h7-8,10,12-13,17H,5-6,9,11H2,1-4H3. The van der Waals surface area contributed by atoms with Gasteiger partial charge in [0.25, 0.3) is 0 Å². The molecule has 1 aromatic carbocycles. The minimum absolute atomic E-state index is 0.454. The minimum Gasteiger partial charge on any atom is -0.493 e.